The molecule has 2 nitrogen and oxygen atoms in total. The number of aliphatic hydroxyl groups excluding tert-OH is 1. The molecule has 0 aromatic heterocycles. The summed E-state index contributed by atoms with van der Waals surface area (Å²) in [5, 5.41) is 8.90. The number of halogens is 1. The molecule has 0 saturated heterocycles. The molecule has 0 saturated carbocycles. The lowest BCUT2D eigenvalue weighted by Crippen LogP contribution is -2.11. The van der Waals surface area contributed by atoms with Gasteiger partial charge in [-0.05, 0) is 18.2 Å². The van der Waals surface area contributed by atoms with Gasteiger partial charge in [-0.25, -0.2) is 4.39 Å². The first kappa shape index (κ1) is 9.00. The smallest absolute Gasteiger partial charge is 0.123 e. The van der Waals surface area contributed by atoms with Gasteiger partial charge in [0.15, 0.2) is 0 Å². The van der Waals surface area contributed by atoms with Gasteiger partial charge in [0.2, 0.25) is 0 Å². The summed E-state index contributed by atoms with van der Waals surface area (Å²) in [6, 6.07) is 4.38. The lowest BCUT2D eigenvalue weighted by Gasteiger charge is -2.15. The molecule has 0 atom stereocenters. The summed E-state index contributed by atoms with van der Waals surface area (Å²) in [5.41, 5.74) is 1.46. The van der Waals surface area contributed by atoms with E-state index in [0.29, 0.717) is 5.56 Å². The second kappa shape index (κ2) is 3.54. The van der Waals surface area contributed by atoms with Gasteiger partial charge >= 0.3 is 0 Å². The molecule has 0 radical (unpaired) electrons. The highest BCUT2D eigenvalue weighted by molar-refractivity contribution is 5.52. The summed E-state index contributed by atoms with van der Waals surface area (Å²) in [4.78, 5) is 1.84. The third kappa shape index (κ3) is 1.74. The number of aliphatic hydroxyl groups is 1. The maximum absolute atomic E-state index is 12.7. The highest BCUT2D eigenvalue weighted by Gasteiger charge is 2.03. The van der Waals surface area contributed by atoms with Gasteiger partial charge in [-0.3, -0.25) is 0 Å². The number of rotatable bonds is 2. The van der Waals surface area contributed by atoms with Crippen molar-refractivity contribution >= 4 is 5.69 Å². The first-order valence-electron chi connectivity index (χ1n) is 3.71. The molecular formula is C9H12FNO. The number of anilines is 1. The first-order valence-corrected chi connectivity index (χ1v) is 3.71. The Bertz CT molecular complexity index is 273. The van der Waals surface area contributed by atoms with Gasteiger partial charge in [-0.1, -0.05) is 0 Å². The van der Waals surface area contributed by atoms with Crippen molar-refractivity contribution in [1.29, 1.82) is 0 Å². The molecule has 0 spiro atoms. The van der Waals surface area contributed by atoms with Gasteiger partial charge < -0.3 is 10.0 Å². The zero-order chi connectivity index (χ0) is 9.14. The van der Waals surface area contributed by atoms with Gasteiger partial charge in [0.25, 0.3) is 0 Å². The van der Waals surface area contributed by atoms with Crippen molar-refractivity contribution in [3.8, 4) is 0 Å². The molecule has 0 aliphatic rings. The quantitative estimate of drug-likeness (QED) is 0.723. The third-order valence-corrected chi connectivity index (χ3v) is 1.69. The monoisotopic (exact) mass is 169 g/mol. The highest BCUT2D eigenvalue weighted by Crippen LogP contribution is 2.19. The van der Waals surface area contributed by atoms with Crippen molar-refractivity contribution in [2.45, 2.75) is 6.61 Å². The van der Waals surface area contributed by atoms with E-state index < -0.39 is 0 Å². The lowest BCUT2D eigenvalue weighted by atomic mass is 10.2. The summed E-state index contributed by atoms with van der Waals surface area (Å²) in [6.07, 6.45) is 0. The van der Waals surface area contributed by atoms with Crippen LogP contribution in [-0.4, -0.2) is 19.2 Å². The molecule has 0 bridgehead atoms. The van der Waals surface area contributed by atoms with Gasteiger partial charge in [-0.2, -0.15) is 0 Å². The van der Waals surface area contributed by atoms with E-state index in [2.05, 4.69) is 0 Å². The summed E-state index contributed by atoms with van der Waals surface area (Å²) in [6.45, 7) is -0.134. The molecule has 0 heterocycles. The van der Waals surface area contributed by atoms with Crippen LogP contribution in [0.3, 0.4) is 0 Å². The zero-order valence-corrected chi connectivity index (χ0v) is 7.21. The maximum Gasteiger partial charge on any atom is 0.123 e. The van der Waals surface area contributed by atoms with Crippen molar-refractivity contribution < 1.29 is 9.50 Å². The molecule has 0 fully saturated rings. The zero-order valence-electron chi connectivity index (χ0n) is 7.21. The molecule has 1 rings (SSSR count). The third-order valence-electron chi connectivity index (χ3n) is 1.69. The average Bonchev–Trinajstić information content (AvgIpc) is 2.03. The summed E-state index contributed by atoms with van der Waals surface area (Å²) in [5.74, 6) is -0.315. The van der Waals surface area contributed by atoms with E-state index in [1.807, 2.05) is 19.0 Å². The average molecular weight is 169 g/mol. The second-order valence-corrected chi connectivity index (χ2v) is 2.83. The maximum atomic E-state index is 12.7. The number of benzene rings is 1. The molecule has 0 aliphatic carbocycles. The molecular weight excluding hydrogens is 157 g/mol. The van der Waals surface area contributed by atoms with Crippen LogP contribution >= 0.6 is 0 Å². The van der Waals surface area contributed by atoms with Crippen LogP contribution in [0.4, 0.5) is 10.1 Å². The molecule has 0 unspecified atom stereocenters. The van der Waals surface area contributed by atoms with Crippen LogP contribution in [0.5, 0.6) is 0 Å². The number of hydrogen-bond acceptors (Lipinski definition) is 2. The van der Waals surface area contributed by atoms with E-state index in [9.17, 15) is 4.39 Å². The summed E-state index contributed by atoms with van der Waals surface area (Å²) in [7, 11) is 3.71. The van der Waals surface area contributed by atoms with Crippen LogP contribution in [0.25, 0.3) is 0 Å². The van der Waals surface area contributed by atoms with Crippen LogP contribution in [-0.2, 0) is 6.61 Å². The van der Waals surface area contributed by atoms with E-state index in [0.717, 1.165) is 5.69 Å². The Morgan fingerprint density at radius 1 is 1.42 bits per heavy atom. The predicted octanol–water partition coefficient (Wildman–Crippen LogP) is 1.38. The van der Waals surface area contributed by atoms with Crippen molar-refractivity contribution in [3.63, 3.8) is 0 Å². The van der Waals surface area contributed by atoms with Crippen molar-refractivity contribution in [2.75, 3.05) is 19.0 Å². The fraction of sp³-hybridized carbons (Fsp3) is 0.333. The van der Waals surface area contributed by atoms with Crippen LogP contribution in [0.15, 0.2) is 18.2 Å². The Balaban J connectivity index is 3.11. The predicted molar refractivity (Wildman–Crippen MR) is 46.6 cm³/mol. The van der Waals surface area contributed by atoms with E-state index in [-0.39, 0.29) is 12.4 Å². The normalized spacial score (nSPS) is 10.0. The molecule has 0 amide bonds. The van der Waals surface area contributed by atoms with E-state index in [1.54, 1.807) is 6.07 Å². The van der Waals surface area contributed by atoms with Gasteiger partial charge in [0.05, 0.1) is 6.61 Å². The van der Waals surface area contributed by atoms with Crippen LogP contribution < -0.4 is 4.90 Å². The molecule has 1 N–H and O–H groups in total. The topological polar surface area (TPSA) is 23.5 Å². The Labute approximate surface area is 71.2 Å². The van der Waals surface area contributed by atoms with Gasteiger partial charge in [-0.15, -0.1) is 0 Å². The molecule has 1 aromatic carbocycles. The number of nitrogens with zero attached hydrogens (tertiary/aromatic N) is 1. The molecule has 3 heteroatoms. The molecule has 1 aromatic rings. The minimum Gasteiger partial charge on any atom is -0.392 e. The number of hydrogen-bond donors (Lipinski definition) is 1. The fourth-order valence-corrected chi connectivity index (χ4v) is 1.12. The summed E-state index contributed by atoms with van der Waals surface area (Å²) < 4.78 is 12.7. The van der Waals surface area contributed by atoms with Crippen molar-refractivity contribution in [1.82, 2.24) is 0 Å². The molecule has 0 aliphatic heterocycles. The molecule has 66 valence electrons. The van der Waals surface area contributed by atoms with Gasteiger partial charge in [0, 0.05) is 25.3 Å². The van der Waals surface area contributed by atoms with Crippen LogP contribution in [0.1, 0.15) is 5.56 Å². The Morgan fingerprint density at radius 2 is 2.08 bits per heavy atom. The Kier molecular flexibility index (Phi) is 2.65. The van der Waals surface area contributed by atoms with Crippen LogP contribution in [0.2, 0.25) is 0 Å². The highest BCUT2D eigenvalue weighted by atomic mass is 19.1. The lowest BCUT2D eigenvalue weighted by molar-refractivity contribution is 0.281. The van der Waals surface area contributed by atoms with Gasteiger partial charge in [0.1, 0.15) is 5.82 Å². The second-order valence-electron chi connectivity index (χ2n) is 2.83. The molecule has 12 heavy (non-hydrogen) atoms. The minimum absolute atomic E-state index is 0.134. The van der Waals surface area contributed by atoms with Crippen molar-refractivity contribution in [2.24, 2.45) is 0 Å². The van der Waals surface area contributed by atoms with E-state index in [4.69, 9.17) is 5.11 Å². The van der Waals surface area contributed by atoms with Crippen molar-refractivity contribution in [3.05, 3.63) is 29.6 Å². The Hall–Kier alpha value is -1.09. The first-order chi connectivity index (χ1) is 5.65. The van der Waals surface area contributed by atoms with E-state index in [1.165, 1.54) is 12.1 Å². The minimum atomic E-state index is -0.315. The summed E-state index contributed by atoms with van der Waals surface area (Å²) >= 11 is 0. The SMILES string of the molecule is CN(C)c1ccc(F)cc1CO. The van der Waals surface area contributed by atoms with E-state index >= 15 is 0 Å². The van der Waals surface area contributed by atoms with Crippen LogP contribution in [0, 0.1) is 5.82 Å². The fourth-order valence-electron chi connectivity index (χ4n) is 1.12. The standard InChI is InChI=1S/C9H12FNO/c1-11(2)9-4-3-8(10)5-7(9)6-12/h3-5,12H,6H2,1-2H3. The Morgan fingerprint density at radius 3 is 2.58 bits per heavy atom. The largest absolute Gasteiger partial charge is 0.392 e.